The molecule has 1 amide bonds. The second-order valence-electron chi connectivity index (χ2n) is 4.39. The van der Waals surface area contributed by atoms with Crippen molar-refractivity contribution in [2.45, 2.75) is 32.9 Å². The molecule has 0 aliphatic heterocycles. The number of hydrogen-bond donors (Lipinski definition) is 1. The third kappa shape index (κ3) is 2.85. The van der Waals surface area contributed by atoms with Crippen molar-refractivity contribution in [3.63, 3.8) is 0 Å². The molecule has 5 heteroatoms. The molecular formula is C13H16FNO3. The first-order valence-corrected chi connectivity index (χ1v) is 5.60. The number of rotatable bonds is 5. The van der Waals surface area contributed by atoms with Gasteiger partial charge in [0.05, 0.1) is 0 Å². The van der Waals surface area contributed by atoms with Crippen LogP contribution in [-0.4, -0.2) is 28.4 Å². The van der Waals surface area contributed by atoms with Gasteiger partial charge in [0.2, 0.25) is 6.41 Å². The number of hydrogen-bond acceptors (Lipinski definition) is 2. The molecule has 1 aromatic rings. The molecule has 98 valence electrons. The van der Waals surface area contributed by atoms with E-state index in [1.165, 1.54) is 23.1 Å². The molecule has 0 fully saturated rings. The van der Waals surface area contributed by atoms with Crippen molar-refractivity contribution in [2.24, 2.45) is 0 Å². The average Bonchev–Trinajstić information content (AvgIpc) is 2.26. The number of carboxylic acids is 1. The zero-order chi connectivity index (χ0) is 13.9. The lowest BCUT2D eigenvalue weighted by molar-refractivity contribution is -0.148. The summed E-state index contributed by atoms with van der Waals surface area (Å²) in [6, 6.07) is 2.51. The lowest BCUT2D eigenvalue weighted by Gasteiger charge is -2.29. The van der Waals surface area contributed by atoms with E-state index in [0.29, 0.717) is 17.5 Å². The Hall–Kier alpha value is -1.91. The highest BCUT2D eigenvalue weighted by Gasteiger charge is 2.29. The Balaban J connectivity index is 3.27. The van der Waals surface area contributed by atoms with Crippen LogP contribution in [0.4, 0.5) is 4.39 Å². The van der Waals surface area contributed by atoms with Crippen molar-refractivity contribution in [3.05, 3.63) is 35.1 Å². The molecule has 1 atom stereocenters. The summed E-state index contributed by atoms with van der Waals surface area (Å²) in [7, 11) is 0. The first-order chi connectivity index (χ1) is 8.38. The maximum Gasteiger partial charge on any atom is 0.331 e. The highest BCUT2D eigenvalue weighted by atomic mass is 19.1. The van der Waals surface area contributed by atoms with Gasteiger partial charge < -0.3 is 10.0 Å². The minimum Gasteiger partial charge on any atom is -0.479 e. The highest BCUT2D eigenvalue weighted by molar-refractivity contribution is 5.78. The summed E-state index contributed by atoms with van der Waals surface area (Å²) in [5.41, 5.74) is 0.930. The number of halogens is 1. The molecule has 0 aliphatic rings. The van der Waals surface area contributed by atoms with Crippen LogP contribution in [0.1, 0.15) is 31.0 Å². The lowest BCUT2D eigenvalue weighted by atomic mass is 9.99. The minimum atomic E-state index is -1.13. The van der Waals surface area contributed by atoms with E-state index in [1.54, 1.807) is 20.8 Å². The molecule has 0 saturated carbocycles. The van der Waals surface area contributed by atoms with Crippen molar-refractivity contribution in [3.8, 4) is 0 Å². The maximum atomic E-state index is 13.0. The van der Waals surface area contributed by atoms with Crippen molar-refractivity contribution >= 4 is 12.4 Å². The fraction of sp³-hybridized carbons (Fsp3) is 0.385. The summed E-state index contributed by atoms with van der Waals surface area (Å²) in [5, 5.41) is 9.28. The van der Waals surface area contributed by atoms with E-state index in [4.69, 9.17) is 0 Å². The molecule has 18 heavy (non-hydrogen) atoms. The summed E-state index contributed by atoms with van der Waals surface area (Å²) in [4.78, 5) is 23.6. The Kier molecular flexibility index (Phi) is 4.42. The predicted octanol–water partition coefficient (Wildman–Crippen LogP) is 2.13. The van der Waals surface area contributed by atoms with Crippen LogP contribution in [0.2, 0.25) is 0 Å². The molecule has 0 aliphatic carbocycles. The van der Waals surface area contributed by atoms with E-state index in [1.807, 2.05) is 0 Å². The zero-order valence-electron chi connectivity index (χ0n) is 10.6. The SMILES string of the molecule is Cc1cc(F)ccc1C(C(=O)O)N(C=O)C(C)C. The minimum absolute atomic E-state index is 0.256. The van der Waals surface area contributed by atoms with Gasteiger partial charge in [0.25, 0.3) is 0 Å². The average molecular weight is 253 g/mol. The van der Waals surface area contributed by atoms with Gasteiger partial charge in [-0.3, -0.25) is 4.79 Å². The fourth-order valence-corrected chi connectivity index (χ4v) is 1.85. The molecule has 0 aromatic heterocycles. The van der Waals surface area contributed by atoms with E-state index in [9.17, 15) is 19.1 Å². The molecule has 1 N–H and O–H groups in total. The smallest absolute Gasteiger partial charge is 0.331 e. The number of carboxylic acid groups (broad SMARTS) is 1. The molecule has 0 radical (unpaired) electrons. The predicted molar refractivity (Wildman–Crippen MR) is 64.6 cm³/mol. The van der Waals surface area contributed by atoms with Crippen molar-refractivity contribution < 1.29 is 19.1 Å². The number of amides is 1. The van der Waals surface area contributed by atoms with Crippen LogP contribution in [0.15, 0.2) is 18.2 Å². The van der Waals surface area contributed by atoms with Crippen LogP contribution >= 0.6 is 0 Å². The molecule has 1 aromatic carbocycles. The van der Waals surface area contributed by atoms with E-state index < -0.39 is 17.8 Å². The van der Waals surface area contributed by atoms with Crippen LogP contribution < -0.4 is 0 Å². The first kappa shape index (κ1) is 14.2. The van der Waals surface area contributed by atoms with Gasteiger partial charge in [-0.05, 0) is 44.0 Å². The zero-order valence-corrected chi connectivity index (χ0v) is 10.6. The Morgan fingerprint density at radius 2 is 2.06 bits per heavy atom. The Morgan fingerprint density at radius 1 is 1.44 bits per heavy atom. The van der Waals surface area contributed by atoms with Crippen molar-refractivity contribution in [1.29, 1.82) is 0 Å². The summed E-state index contributed by atoms with van der Waals surface area (Å²) < 4.78 is 13.0. The number of aliphatic carboxylic acids is 1. The summed E-state index contributed by atoms with van der Waals surface area (Å²) in [6.45, 7) is 5.07. The summed E-state index contributed by atoms with van der Waals surface area (Å²) >= 11 is 0. The maximum absolute atomic E-state index is 13.0. The first-order valence-electron chi connectivity index (χ1n) is 5.60. The number of nitrogens with zero attached hydrogens (tertiary/aromatic N) is 1. The largest absolute Gasteiger partial charge is 0.479 e. The summed E-state index contributed by atoms with van der Waals surface area (Å²) in [5.74, 6) is -1.56. The van der Waals surface area contributed by atoms with E-state index in [-0.39, 0.29) is 6.04 Å². The Morgan fingerprint density at radius 3 is 2.44 bits per heavy atom. The number of aryl methyl sites for hydroxylation is 1. The van der Waals surface area contributed by atoms with Gasteiger partial charge in [-0.15, -0.1) is 0 Å². The topological polar surface area (TPSA) is 57.6 Å². The van der Waals surface area contributed by atoms with Gasteiger partial charge in [-0.2, -0.15) is 0 Å². The van der Waals surface area contributed by atoms with Gasteiger partial charge in [0, 0.05) is 6.04 Å². The van der Waals surface area contributed by atoms with Crippen molar-refractivity contribution in [2.75, 3.05) is 0 Å². The molecule has 1 unspecified atom stereocenters. The molecule has 1 rings (SSSR count). The van der Waals surface area contributed by atoms with Crippen molar-refractivity contribution in [1.82, 2.24) is 4.90 Å². The van der Waals surface area contributed by atoms with E-state index >= 15 is 0 Å². The van der Waals surface area contributed by atoms with E-state index in [2.05, 4.69) is 0 Å². The van der Waals surface area contributed by atoms with Gasteiger partial charge in [0.1, 0.15) is 5.82 Å². The third-order valence-corrected chi connectivity index (χ3v) is 2.78. The van der Waals surface area contributed by atoms with Crippen LogP contribution in [0.3, 0.4) is 0 Å². The van der Waals surface area contributed by atoms with Gasteiger partial charge in [-0.25, -0.2) is 9.18 Å². The Labute approximate surface area is 105 Å². The lowest BCUT2D eigenvalue weighted by Crippen LogP contribution is -2.38. The second kappa shape index (κ2) is 5.62. The summed E-state index contributed by atoms with van der Waals surface area (Å²) in [6.07, 6.45) is 0.506. The Bertz CT molecular complexity index is 460. The third-order valence-electron chi connectivity index (χ3n) is 2.78. The van der Waals surface area contributed by atoms with Crippen LogP contribution in [0.25, 0.3) is 0 Å². The fourth-order valence-electron chi connectivity index (χ4n) is 1.85. The number of carbonyl (C=O) groups excluding carboxylic acids is 1. The van der Waals surface area contributed by atoms with Crippen LogP contribution in [0.5, 0.6) is 0 Å². The molecule has 4 nitrogen and oxygen atoms in total. The molecule has 0 heterocycles. The van der Waals surface area contributed by atoms with Gasteiger partial charge in [0.15, 0.2) is 6.04 Å². The second-order valence-corrected chi connectivity index (χ2v) is 4.39. The molecule has 0 saturated heterocycles. The van der Waals surface area contributed by atoms with Crippen LogP contribution in [-0.2, 0) is 9.59 Å². The highest BCUT2D eigenvalue weighted by Crippen LogP contribution is 2.25. The number of carbonyl (C=O) groups is 2. The normalized spacial score (nSPS) is 12.3. The quantitative estimate of drug-likeness (QED) is 0.818. The van der Waals surface area contributed by atoms with Gasteiger partial charge >= 0.3 is 5.97 Å². The standard InChI is InChI=1S/C13H16FNO3/c1-8(2)15(7-16)12(13(17)18)11-5-4-10(14)6-9(11)3/h4-8,12H,1-3H3,(H,17,18). The molecule has 0 bridgehead atoms. The van der Waals surface area contributed by atoms with Crippen LogP contribution in [0, 0.1) is 12.7 Å². The number of benzene rings is 1. The van der Waals surface area contributed by atoms with Gasteiger partial charge in [-0.1, -0.05) is 6.07 Å². The molecule has 0 spiro atoms. The monoisotopic (exact) mass is 253 g/mol. The molecular weight excluding hydrogens is 237 g/mol. The van der Waals surface area contributed by atoms with E-state index in [0.717, 1.165) is 0 Å².